The van der Waals surface area contributed by atoms with Crippen LogP contribution in [0.2, 0.25) is 0 Å². The molecule has 0 saturated heterocycles. The van der Waals surface area contributed by atoms with Crippen molar-refractivity contribution in [2.75, 3.05) is 0 Å². The summed E-state index contributed by atoms with van der Waals surface area (Å²) in [6, 6.07) is 5.42. The summed E-state index contributed by atoms with van der Waals surface area (Å²) in [6.45, 7) is 5.80. The molecule has 0 radical (unpaired) electrons. The molecule has 0 bridgehead atoms. The molecule has 2 aromatic heterocycles. The van der Waals surface area contributed by atoms with E-state index in [1.807, 2.05) is 39.0 Å². The Morgan fingerprint density at radius 2 is 1.62 bits per heavy atom. The van der Waals surface area contributed by atoms with Crippen LogP contribution in [0.1, 0.15) is 40.1 Å². The molecule has 0 saturated carbocycles. The lowest BCUT2D eigenvalue weighted by Gasteiger charge is -2.16. The monoisotopic (exact) mass is 322 g/mol. The first kappa shape index (κ1) is 15.8. The number of hydrogen-bond donors (Lipinski definition) is 1. The predicted octanol–water partition coefficient (Wildman–Crippen LogP) is 2.17. The molecule has 1 atom stereocenters. The van der Waals surface area contributed by atoms with Crippen molar-refractivity contribution in [1.29, 1.82) is 0 Å². The van der Waals surface area contributed by atoms with Gasteiger partial charge in [0.05, 0.1) is 18.4 Å². The number of amides is 1. The van der Waals surface area contributed by atoms with Crippen molar-refractivity contribution in [2.24, 2.45) is 0 Å². The molecule has 1 amide bonds. The van der Waals surface area contributed by atoms with Crippen LogP contribution < -0.4 is 5.32 Å². The van der Waals surface area contributed by atoms with Crippen molar-refractivity contribution in [2.45, 2.75) is 26.8 Å². The van der Waals surface area contributed by atoms with Crippen molar-refractivity contribution in [1.82, 2.24) is 30.3 Å². The smallest absolute Gasteiger partial charge is 0.251 e. The highest BCUT2D eigenvalue weighted by Crippen LogP contribution is 2.17. The number of hydrogen-bond acceptors (Lipinski definition) is 5. The fourth-order valence-corrected chi connectivity index (χ4v) is 2.58. The van der Waals surface area contributed by atoms with E-state index in [2.05, 4.69) is 25.5 Å². The van der Waals surface area contributed by atoms with Gasteiger partial charge in [0, 0.05) is 18.0 Å². The second kappa shape index (κ2) is 6.57. The third-order valence-corrected chi connectivity index (χ3v) is 3.56. The number of rotatable bonds is 4. The number of nitrogens with one attached hydrogen (secondary N) is 1. The zero-order valence-electron chi connectivity index (χ0n) is 13.8. The summed E-state index contributed by atoms with van der Waals surface area (Å²) in [5.41, 5.74) is 3.33. The number of carbonyl (C=O) groups is 1. The first-order valence-electron chi connectivity index (χ1n) is 7.61. The van der Waals surface area contributed by atoms with Gasteiger partial charge in [0.15, 0.2) is 5.82 Å². The van der Waals surface area contributed by atoms with Crippen LogP contribution in [0.15, 0.2) is 43.0 Å². The predicted molar refractivity (Wildman–Crippen MR) is 88.7 cm³/mol. The summed E-state index contributed by atoms with van der Waals surface area (Å²) in [5, 5.41) is 11.1. The van der Waals surface area contributed by atoms with Crippen LogP contribution in [-0.4, -0.2) is 30.9 Å². The number of aryl methyl sites for hydroxylation is 2. The Labute approximate surface area is 139 Å². The molecular weight excluding hydrogens is 304 g/mol. The summed E-state index contributed by atoms with van der Waals surface area (Å²) in [4.78, 5) is 22.5. The Kier molecular flexibility index (Phi) is 4.33. The fraction of sp³-hybridized carbons (Fsp3) is 0.235. The average molecular weight is 322 g/mol. The lowest BCUT2D eigenvalue weighted by atomic mass is 10.1. The molecule has 1 aromatic carbocycles. The van der Waals surface area contributed by atoms with Crippen LogP contribution in [0.4, 0.5) is 0 Å². The molecule has 0 aliphatic heterocycles. The summed E-state index contributed by atoms with van der Waals surface area (Å²) < 4.78 is 0. The minimum atomic E-state index is -0.340. The molecule has 24 heavy (non-hydrogen) atoms. The molecule has 1 N–H and O–H groups in total. The van der Waals surface area contributed by atoms with Crippen molar-refractivity contribution >= 4 is 5.91 Å². The zero-order valence-corrected chi connectivity index (χ0v) is 13.8. The van der Waals surface area contributed by atoms with Gasteiger partial charge in [-0.3, -0.25) is 9.78 Å². The molecule has 7 heteroatoms. The van der Waals surface area contributed by atoms with Crippen molar-refractivity contribution in [3.05, 3.63) is 65.4 Å². The molecule has 2 heterocycles. The Bertz CT molecular complexity index is 839. The highest BCUT2D eigenvalue weighted by atomic mass is 16.1. The van der Waals surface area contributed by atoms with Crippen LogP contribution in [-0.2, 0) is 0 Å². The van der Waals surface area contributed by atoms with E-state index >= 15 is 0 Å². The van der Waals surface area contributed by atoms with Crippen LogP contribution in [0, 0.1) is 13.8 Å². The van der Waals surface area contributed by atoms with Gasteiger partial charge in [-0.25, -0.2) is 4.98 Å². The van der Waals surface area contributed by atoms with E-state index in [0.29, 0.717) is 17.1 Å². The van der Waals surface area contributed by atoms with Gasteiger partial charge >= 0.3 is 0 Å². The minimum Gasteiger partial charge on any atom is -0.344 e. The first-order valence-corrected chi connectivity index (χ1v) is 7.61. The van der Waals surface area contributed by atoms with E-state index in [1.165, 1.54) is 4.80 Å². The van der Waals surface area contributed by atoms with Gasteiger partial charge in [0.1, 0.15) is 5.69 Å². The SMILES string of the molecule is Cc1cc(C)cc(C(=O)NC(C)c2nccnc2-n2nccn2)c1. The molecule has 0 aliphatic carbocycles. The van der Waals surface area contributed by atoms with E-state index in [-0.39, 0.29) is 11.9 Å². The normalized spacial score (nSPS) is 12.0. The summed E-state index contributed by atoms with van der Waals surface area (Å²) >= 11 is 0. The summed E-state index contributed by atoms with van der Waals surface area (Å²) in [7, 11) is 0. The Hall–Kier alpha value is -3.09. The third-order valence-electron chi connectivity index (χ3n) is 3.56. The Balaban J connectivity index is 1.85. The third kappa shape index (κ3) is 3.29. The van der Waals surface area contributed by atoms with Gasteiger partial charge in [0.2, 0.25) is 0 Å². The second-order valence-corrected chi connectivity index (χ2v) is 5.66. The molecule has 3 aromatic rings. The lowest BCUT2D eigenvalue weighted by Crippen LogP contribution is -2.28. The summed E-state index contributed by atoms with van der Waals surface area (Å²) in [5.74, 6) is 0.343. The Morgan fingerprint density at radius 1 is 1.00 bits per heavy atom. The number of carbonyl (C=O) groups excluding carboxylic acids is 1. The quantitative estimate of drug-likeness (QED) is 0.795. The van der Waals surface area contributed by atoms with Crippen LogP contribution in [0.5, 0.6) is 0 Å². The molecule has 0 spiro atoms. The molecule has 1 unspecified atom stereocenters. The largest absolute Gasteiger partial charge is 0.344 e. The number of nitrogens with zero attached hydrogens (tertiary/aromatic N) is 5. The van der Waals surface area contributed by atoms with Gasteiger partial charge in [-0.1, -0.05) is 17.2 Å². The first-order chi connectivity index (χ1) is 11.5. The van der Waals surface area contributed by atoms with E-state index in [0.717, 1.165) is 11.1 Å². The molecule has 3 rings (SSSR count). The maximum absolute atomic E-state index is 12.5. The second-order valence-electron chi connectivity index (χ2n) is 5.66. The van der Waals surface area contributed by atoms with Crippen LogP contribution in [0.25, 0.3) is 5.82 Å². The topological polar surface area (TPSA) is 85.6 Å². The van der Waals surface area contributed by atoms with Gasteiger partial charge in [-0.15, -0.1) is 4.80 Å². The van der Waals surface area contributed by atoms with Gasteiger partial charge in [-0.2, -0.15) is 10.2 Å². The van der Waals surface area contributed by atoms with Crippen LogP contribution in [0.3, 0.4) is 0 Å². The van der Waals surface area contributed by atoms with Crippen molar-refractivity contribution in [3.63, 3.8) is 0 Å². The van der Waals surface area contributed by atoms with E-state index in [9.17, 15) is 4.79 Å². The highest BCUT2D eigenvalue weighted by Gasteiger charge is 2.18. The fourth-order valence-electron chi connectivity index (χ4n) is 2.58. The maximum Gasteiger partial charge on any atom is 0.251 e. The van der Waals surface area contributed by atoms with E-state index in [1.54, 1.807) is 24.8 Å². The number of benzene rings is 1. The highest BCUT2D eigenvalue weighted by molar-refractivity contribution is 5.94. The molecule has 0 fully saturated rings. The van der Waals surface area contributed by atoms with Crippen molar-refractivity contribution < 1.29 is 4.79 Å². The van der Waals surface area contributed by atoms with Gasteiger partial charge in [0.25, 0.3) is 5.91 Å². The standard InChI is InChI=1S/C17H18N6O/c1-11-8-12(2)10-14(9-11)17(24)22-13(3)15-16(19-5-4-18-15)23-20-6-7-21-23/h4-10,13H,1-3H3,(H,22,24). The van der Waals surface area contributed by atoms with Gasteiger partial charge in [-0.05, 0) is 32.9 Å². The van der Waals surface area contributed by atoms with E-state index in [4.69, 9.17) is 0 Å². The van der Waals surface area contributed by atoms with Gasteiger partial charge < -0.3 is 5.32 Å². The maximum atomic E-state index is 12.5. The summed E-state index contributed by atoms with van der Waals surface area (Å²) in [6.07, 6.45) is 6.29. The Morgan fingerprint density at radius 3 is 2.29 bits per heavy atom. The molecule has 122 valence electrons. The molecule has 0 aliphatic rings. The average Bonchev–Trinajstić information content (AvgIpc) is 3.08. The number of aromatic nitrogens is 5. The molecule has 7 nitrogen and oxygen atoms in total. The van der Waals surface area contributed by atoms with Crippen molar-refractivity contribution in [3.8, 4) is 5.82 Å². The van der Waals surface area contributed by atoms with Crippen LogP contribution >= 0.6 is 0 Å². The minimum absolute atomic E-state index is 0.153. The zero-order chi connectivity index (χ0) is 17.1. The lowest BCUT2D eigenvalue weighted by molar-refractivity contribution is 0.0939. The van der Waals surface area contributed by atoms with E-state index < -0.39 is 0 Å². The molecular formula is C17H18N6O.